The molecule has 1 aliphatic carbocycles. The van der Waals surface area contributed by atoms with Gasteiger partial charge in [0.05, 0.1) is 23.6 Å². The van der Waals surface area contributed by atoms with Gasteiger partial charge < -0.3 is 5.32 Å². The highest BCUT2D eigenvalue weighted by Gasteiger charge is 2.26. The monoisotopic (exact) mass is 377 g/mol. The van der Waals surface area contributed by atoms with Crippen LogP contribution in [0.15, 0.2) is 36.7 Å². The Morgan fingerprint density at radius 2 is 2.07 bits per heavy atom. The van der Waals surface area contributed by atoms with E-state index in [1.165, 1.54) is 16.8 Å². The maximum absolute atomic E-state index is 12.5. The molecule has 1 atom stereocenters. The quantitative estimate of drug-likeness (QED) is 0.739. The summed E-state index contributed by atoms with van der Waals surface area (Å²) in [7, 11) is 0. The minimum Gasteiger partial charge on any atom is -0.349 e. The number of hydrogen-bond acceptors (Lipinski definition) is 3. The van der Waals surface area contributed by atoms with Crippen molar-refractivity contribution in [2.24, 2.45) is 0 Å². The fourth-order valence-electron chi connectivity index (χ4n) is 3.86. The number of hydrogen-bond donors (Lipinski definition) is 1. The Hall–Kier alpha value is -2.89. The molecule has 0 aliphatic heterocycles. The lowest BCUT2D eigenvalue weighted by atomic mass is 9.92. The van der Waals surface area contributed by atoms with Crippen molar-refractivity contribution in [1.82, 2.24) is 24.9 Å². The molecule has 2 aromatic heterocycles. The van der Waals surface area contributed by atoms with Crippen LogP contribution in [0.2, 0.25) is 0 Å². The minimum absolute atomic E-state index is 0.0379. The van der Waals surface area contributed by atoms with Crippen LogP contribution in [0.3, 0.4) is 0 Å². The average molecular weight is 377 g/mol. The van der Waals surface area contributed by atoms with Crippen LogP contribution < -0.4 is 5.32 Å². The van der Waals surface area contributed by atoms with Crippen molar-refractivity contribution >= 4 is 5.91 Å². The predicted octanol–water partition coefficient (Wildman–Crippen LogP) is 3.58. The number of nitrogens with one attached hydrogen (secondary N) is 1. The van der Waals surface area contributed by atoms with Gasteiger partial charge in [-0.3, -0.25) is 9.48 Å². The van der Waals surface area contributed by atoms with Gasteiger partial charge >= 0.3 is 0 Å². The Kier molecular flexibility index (Phi) is 5.03. The number of carbonyl (C=O) groups excluding carboxylic acids is 1. The lowest BCUT2D eigenvalue weighted by molar-refractivity contribution is -0.122. The first kappa shape index (κ1) is 18.5. The second-order valence-corrected chi connectivity index (χ2v) is 7.71. The van der Waals surface area contributed by atoms with Gasteiger partial charge in [-0.2, -0.15) is 10.2 Å². The van der Waals surface area contributed by atoms with Gasteiger partial charge in [-0.25, -0.2) is 4.68 Å². The van der Waals surface area contributed by atoms with Gasteiger partial charge in [0.1, 0.15) is 0 Å². The minimum atomic E-state index is 0.0379. The van der Waals surface area contributed by atoms with Gasteiger partial charge in [0, 0.05) is 30.4 Å². The molecule has 0 spiro atoms. The van der Waals surface area contributed by atoms with Gasteiger partial charge in [0.2, 0.25) is 5.91 Å². The van der Waals surface area contributed by atoms with E-state index in [1.807, 2.05) is 34.7 Å². The Morgan fingerprint density at radius 3 is 2.82 bits per heavy atom. The molecular formula is C22H27N5O. The zero-order valence-electron chi connectivity index (χ0n) is 16.8. The van der Waals surface area contributed by atoms with E-state index in [2.05, 4.69) is 47.6 Å². The normalized spacial score (nSPS) is 16.0. The molecule has 0 fully saturated rings. The van der Waals surface area contributed by atoms with E-state index >= 15 is 0 Å². The van der Waals surface area contributed by atoms with Crippen LogP contribution >= 0.6 is 0 Å². The van der Waals surface area contributed by atoms with Crippen LogP contribution in [0.5, 0.6) is 0 Å². The molecule has 1 N–H and O–H groups in total. The first-order valence-electron chi connectivity index (χ1n) is 9.95. The first-order valence-corrected chi connectivity index (χ1v) is 9.95. The molecule has 6 nitrogen and oxygen atoms in total. The smallest absolute Gasteiger partial charge is 0.222 e. The molecule has 1 amide bonds. The molecule has 0 radical (unpaired) electrons. The van der Waals surface area contributed by atoms with E-state index in [0.717, 1.165) is 36.2 Å². The zero-order chi connectivity index (χ0) is 19.7. The maximum atomic E-state index is 12.5. The summed E-state index contributed by atoms with van der Waals surface area (Å²) in [5.41, 5.74) is 6.95. The molecule has 4 rings (SSSR count). The number of amides is 1. The van der Waals surface area contributed by atoms with Gasteiger partial charge in [0.25, 0.3) is 0 Å². The van der Waals surface area contributed by atoms with Gasteiger partial charge in [-0.1, -0.05) is 6.07 Å². The SMILES string of the molecule is Cc1ccn(CCC(=O)NC2CCCc3c2cnn3-c2ccc(C)c(C)c2)n1. The molecule has 3 aromatic rings. The topological polar surface area (TPSA) is 64.7 Å². The van der Waals surface area contributed by atoms with Crippen LogP contribution in [-0.2, 0) is 17.8 Å². The summed E-state index contributed by atoms with van der Waals surface area (Å²) in [6.45, 7) is 6.79. The number of benzene rings is 1. The number of rotatable bonds is 5. The van der Waals surface area contributed by atoms with Crippen molar-refractivity contribution in [3.8, 4) is 5.69 Å². The second-order valence-electron chi connectivity index (χ2n) is 7.71. The summed E-state index contributed by atoms with van der Waals surface area (Å²) in [6, 6.07) is 8.42. The van der Waals surface area contributed by atoms with Crippen LogP contribution in [0.4, 0.5) is 0 Å². The molecule has 2 heterocycles. The first-order chi connectivity index (χ1) is 13.5. The third-order valence-corrected chi connectivity index (χ3v) is 5.60. The predicted molar refractivity (Wildman–Crippen MR) is 108 cm³/mol. The van der Waals surface area contributed by atoms with E-state index in [1.54, 1.807) is 0 Å². The average Bonchev–Trinajstić information content (AvgIpc) is 3.29. The molecule has 6 heteroatoms. The fraction of sp³-hybridized carbons (Fsp3) is 0.409. The lowest BCUT2D eigenvalue weighted by Gasteiger charge is -2.24. The van der Waals surface area contributed by atoms with Crippen molar-refractivity contribution in [2.75, 3.05) is 0 Å². The third kappa shape index (κ3) is 3.72. The Balaban J connectivity index is 1.47. The molecule has 146 valence electrons. The van der Waals surface area contributed by atoms with Crippen molar-refractivity contribution < 1.29 is 4.79 Å². The van der Waals surface area contributed by atoms with Gasteiger partial charge in [0.15, 0.2) is 0 Å². The van der Waals surface area contributed by atoms with Crippen molar-refractivity contribution in [3.05, 3.63) is 64.7 Å². The zero-order valence-corrected chi connectivity index (χ0v) is 16.8. The molecule has 28 heavy (non-hydrogen) atoms. The van der Waals surface area contributed by atoms with E-state index in [-0.39, 0.29) is 11.9 Å². The summed E-state index contributed by atoms with van der Waals surface area (Å²) >= 11 is 0. The van der Waals surface area contributed by atoms with E-state index in [0.29, 0.717) is 13.0 Å². The standard InChI is InChI=1S/C22H27N5O/c1-15-7-8-18(13-16(15)2)27-21-6-4-5-20(19(21)14-23-27)24-22(28)10-12-26-11-9-17(3)25-26/h7-9,11,13-14,20H,4-6,10,12H2,1-3H3,(H,24,28). The molecule has 0 saturated heterocycles. The van der Waals surface area contributed by atoms with Crippen molar-refractivity contribution in [2.45, 2.75) is 59.0 Å². The Morgan fingerprint density at radius 1 is 1.21 bits per heavy atom. The summed E-state index contributed by atoms with van der Waals surface area (Å²) in [5.74, 6) is 0.0601. The lowest BCUT2D eigenvalue weighted by Crippen LogP contribution is -2.31. The summed E-state index contributed by atoms with van der Waals surface area (Å²) < 4.78 is 3.85. The number of aromatic nitrogens is 4. The van der Waals surface area contributed by atoms with Crippen LogP contribution in [0, 0.1) is 20.8 Å². The number of fused-ring (bicyclic) bond motifs is 1. The van der Waals surface area contributed by atoms with E-state index in [4.69, 9.17) is 0 Å². The number of nitrogens with zero attached hydrogens (tertiary/aromatic N) is 4. The highest BCUT2D eigenvalue weighted by Crippen LogP contribution is 2.31. The van der Waals surface area contributed by atoms with Crippen molar-refractivity contribution in [1.29, 1.82) is 0 Å². The van der Waals surface area contributed by atoms with Gasteiger partial charge in [-0.05, 0) is 69.4 Å². The second kappa shape index (κ2) is 7.62. The molecule has 1 aliphatic rings. The molecule has 0 bridgehead atoms. The summed E-state index contributed by atoms with van der Waals surface area (Å²) in [5, 5.41) is 12.2. The van der Waals surface area contributed by atoms with Gasteiger partial charge in [-0.15, -0.1) is 0 Å². The largest absolute Gasteiger partial charge is 0.349 e. The third-order valence-electron chi connectivity index (χ3n) is 5.60. The highest BCUT2D eigenvalue weighted by atomic mass is 16.1. The Labute approximate surface area is 165 Å². The molecule has 0 saturated carbocycles. The molecule has 1 aromatic carbocycles. The summed E-state index contributed by atoms with van der Waals surface area (Å²) in [6.07, 6.45) is 7.25. The fourth-order valence-corrected chi connectivity index (χ4v) is 3.86. The van der Waals surface area contributed by atoms with Crippen LogP contribution in [0.25, 0.3) is 5.69 Å². The van der Waals surface area contributed by atoms with E-state index in [9.17, 15) is 4.79 Å². The summed E-state index contributed by atoms with van der Waals surface area (Å²) in [4.78, 5) is 12.5. The highest BCUT2D eigenvalue weighted by molar-refractivity contribution is 5.76. The molecular weight excluding hydrogens is 350 g/mol. The van der Waals surface area contributed by atoms with Crippen molar-refractivity contribution in [3.63, 3.8) is 0 Å². The molecule has 1 unspecified atom stereocenters. The number of aryl methyl sites for hydroxylation is 4. The van der Waals surface area contributed by atoms with Crippen LogP contribution in [0.1, 0.15) is 53.4 Å². The number of carbonyl (C=O) groups is 1. The maximum Gasteiger partial charge on any atom is 0.222 e. The van der Waals surface area contributed by atoms with E-state index < -0.39 is 0 Å². The van der Waals surface area contributed by atoms with Crippen LogP contribution in [-0.4, -0.2) is 25.5 Å². The Bertz CT molecular complexity index is 1000.